The van der Waals surface area contributed by atoms with Crippen LogP contribution in [0.15, 0.2) is 63.1 Å². The molecule has 2 aromatic carbocycles. The van der Waals surface area contributed by atoms with Crippen LogP contribution in [0.2, 0.25) is 0 Å². The van der Waals surface area contributed by atoms with Crippen LogP contribution in [0, 0.1) is 11.3 Å². The van der Waals surface area contributed by atoms with Gasteiger partial charge in [-0.2, -0.15) is 5.26 Å². The van der Waals surface area contributed by atoms with Crippen molar-refractivity contribution in [1.82, 2.24) is 0 Å². The smallest absolute Gasteiger partial charge is 0.345 e. The Balaban J connectivity index is 1.64. The molecule has 0 radical (unpaired) electrons. The number of ether oxygens (including phenoxy) is 1. The minimum Gasteiger partial charge on any atom is -0.439 e. The molecule has 2 atom stereocenters. The second-order valence-corrected chi connectivity index (χ2v) is 10.6. The molecule has 1 aliphatic carbocycles. The Hall–Kier alpha value is -4.05. The number of anilines is 1. The Labute approximate surface area is 207 Å². The first-order valence-corrected chi connectivity index (χ1v) is 12.6. The number of nitrogens with zero attached hydrogens (tertiary/aromatic N) is 2. The minimum atomic E-state index is -1.71. The van der Waals surface area contributed by atoms with Crippen molar-refractivity contribution in [3.63, 3.8) is 0 Å². The summed E-state index contributed by atoms with van der Waals surface area (Å²) in [7, 11) is 0. The fraction of sp³-hybridized carbons (Fsp3) is 0.345. The van der Waals surface area contributed by atoms with Gasteiger partial charge in [-0.15, -0.1) is 0 Å². The summed E-state index contributed by atoms with van der Waals surface area (Å²) in [6, 6.07) is 15.0. The summed E-state index contributed by atoms with van der Waals surface area (Å²) in [6.07, 6.45) is 5.85. The minimum absolute atomic E-state index is 0.0402. The number of hydrogen-bond acceptors (Lipinski definition) is 6. The van der Waals surface area contributed by atoms with E-state index in [1.165, 1.54) is 0 Å². The lowest BCUT2D eigenvalue weighted by atomic mass is 9.68. The van der Waals surface area contributed by atoms with Gasteiger partial charge in [-0.25, -0.2) is 4.79 Å². The Morgan fingerprint density at radius 2 is 1.86 bits per heavy atom. The number of nitrogens with two attached hydrogens (primary N) is 1. The zero-order valence-corrected chi connectivity index (χ0v) is 20.0. The molecule has 1 saturated carbocycles. The van der Waals surface area contributed by atoms with E-state index in [-0.39, 0.29) is 40.1 Å². The molecule has 0 bridgehead atoms. The van der Waals surface area contributed by atoms with Crippen LogP contribution in [-0.2, 0) is 10.2 Å². The second kappa shape index (κ2) is 7.01. The molecule has 0 saturated heterocycles. The van der Waals surface area contributed by atoms with Crippen molar-refractivity contribution >= 4 is 22.6 Å². The summed E-state index contributed by atoms with van der Waals surface area (Å²) >= 11 is 0. The lowest BCUT2D eigenvalue weighted by Gasteiger charge is -2.50. The Morgan fingerprint density at radius 3 is 2.64 bits per heavy atom. The quantitative estimate of drug-likeness (QED) is 0.467. The number of fused-ring (bicyclic) bond motifs is 6. The van der Waals surface area contributed by atoms with Crippen LogP contribution in [0.4, 0.5) is 5.69 Å². The third kappa shape index (κ3) is 2.32. The highest BCUT2D eigenvalue weighted by Gasteiger charge is 2.66. The molecule has 2 N–H and O–H groups in total. The third-order valence-electron chi connectivity index (χ3n) is 8.78. The van der Waals surface area contributed by atoms with E-state index in [9.17, 15) is 14.9 Å². The van der Waals surface area contributed by atoms with E-state index in [4.69, 9.17) is 14.9 Å². The van der Waals surface area contributed by atoms with Crippen molar-refractivity contribution in [2.24, 2.45) is 5.73 Å². The zero-order chi connectivity index (χ0) is 24.8. The van der Waals surface area contributed by atoms with E-state index >= 15 is 0 Å². The summed E-state index contributed by atoms with van der Waals surface area (Å²) in [5, 5.41) is 10.9. The lowest BCUT2D eigenvalue weighted by molar-refractivity contribution is -0.122. The average molecular weight is 480 g/mol. The largest absolute Gasteiger partial charge is 0.439 e. The van der Waals surface area contributed by atoms with Crippen LogP contribution in [0.25, 0.3) is 11.0 Å². The number of nitriles is 1. The van der Waals surface area contributed by atoms with Crippen LogP contribution in [0.5, 0.6) is 5.75 Å². The van der Waals surface area contributed by atoms with Gasteiger partial charge in [-0.05, 0) is 42.9 Å². The number of hydrogen-bond donors (Lipinski definition) is 1. The number of carbonyl (C=O) groups is 1. The summed E-state index contributed by atoms with van der Waals surface area (Å²) in [5.41, 5.74) is 6.45. The lowest BCUT2D eigenvalue weighted by Crippen LogP contribution is -2.58. The maximum atomic E-state index is 15.0. The van der Waals surface area contributed by atoms with Gasteiger partial charge >= 0.3 is 5.63 Å². The standard InChI is InChI=1S/C29H25N3O4/c1-16-14-28(12-5-2-6-13-28)32-23-17(16)9-7-10-19(23)29(27(32)34)20(15-30)25(31)36-24-18-8-3-4-11-21(18)35-26(33)22(24)29/h3-4,7-11,16H,2,5-6,12-14,31H2,1H3/t16-,29-/m0/s1. The molecule has 3 aromatic rings. The number of rotatable bonds is 0. The first-order valence-electron chi connectivity index (χ1n) is 12.6. The molecule has 1 amide bonds. The maximum Gasteiger partial charge on any atom is 0.345 e. The van der Waals surface area contributed by atoms with Crippen LogP contribution < -0.4 is 21.0 Å². The molecule has 3 aliphatic heterocycles. The fourth-order valence-electron chi connectivity index (χ4n) is 7.40. The highest BCUT2D eigenvalue weighted by molar-refractivity contribution is 6.16. The topological polar surface area (TPSA) is 110 Å². The van der Waals surface area contributed by atoms with E-state index in [1.54, 1.807) is 24.3 Å². The number of benzene rings is 2. The molecule has 7 heteroatoms. The van der Waals surface area contributed by atoms with Gasteiger partial charge in [-0.3, -0.25) is 4.79 Å². The summed E-state index contributed by atoms with van der Waals surface area (Å²) in [5.74, 6) is -0.0333. The summed E-state index contributed by atoms with van der Waals surface area (Å²) in [6.45, 7) is 2.20. The van der Waals surface area contributed by atoms with Crippen molar-refractivity contribution in [2.75, 3.05) is 4.90 Å². The molecule has 1 fully saturated rings. The van der Waals surface area contributed by atoms with Gasteiger partial charge in [0.1, 0.15) is 22.8 Å². The number of amides is 1. The van der Waals surface area contributed by atoms with Gasteiger partial charge in [0.15, 0.2) is 11.2 Å². The van der Waals surface area contributed by atoms with Crippen molar-refractivity contribution in [2.45, 2.75) is 62.3 Å². The Morgan fingerprint density at radius 1 is 1.08 bits per heavy atom. The molecule has 180 valence electrons. The molecule has 7 nitrogen and oxygen atoms in total. The maximum absolute atomic E-state index is 15.0. The normalized spacial score (nSPS) is 25.6. The summed E-state index contributed by atoms with van der Waals surface area (Å²) < 4.78 is 11.7. The molecule has 36 heavy (non-hydrogen) atoms. The van der Waals surface area contributed by atoms with E-state index in [2.05, 4.69) is 19.1 Å². The van der Waals surface area contributed by atoms with Crippen LogP contribution in [0.1, 0.15) is 68.1 Å². The van der Waals surface area contributed by atoms with E-state index in [1.807, 2.05) is 17.0 Å². The number of carbonyl (C=O) groups excluding carboxylic acids is 1. The Bertz CT molecular complexity index is 1620. The van der Waals surface area contributed by atoms with Gasteiger partial charge in [0.25, 0.3) is 0 Å². The van der Waals surface area contributed by atoms with Crippen molar-refractivity contribution < 1.29 is 13.9 Å². The number of para-hydroxylation sites is 2. The van der Waals surface area contributed by atoms with Crippen LogP contribution >= 0.6 is 0 Å². The first-order chi connectivity index (χ1) is 17.4. The summed E-state index contributed by atoms with van der Waals surface area (Å²) in [4.78, 5) is 30.6. The van der Waals surface area contributed by atoms with Gasteiger partial charge in [-0.1, -0.05) is 56.5 Å². The fourth-order valence-corrected chi connectivity index (χ4v) is 7.40. The monoisotopic (exact) mass is 479 g/mol. The highest BCUT2D eigenvalue weighted by Crippen LogP contribution is 2.62. The molecule has 0 unspecified atom stereocenters. The van der Waals surface area contributed by atoms with Gasteiger partial charge in [0.05, 0.1) is 11.1 Å². The van der Waals surface area contributed by atoms with Crippen LogP contribution in [-0.4, -0.2) is 11.4 Å². The Kier molecular flexibility index (Phi) is 4.14. The molecule has 2 spiro atoms. The molecule has 7 rings (SSSR count). The molecule has 4 heterocycles. The van der Waals surface area contributed by atoms with Crippen molar-refractivity contribution in [3.8, 4) is 11.8 Å². The van der Waals surface area contributed by atoms with Gasteiger partial charge in [0.2, 0.25) is 11.8 Å². The molecular formula is C29H25N3O4. The molecular weight excluding hydrogens is 454 g/mol. The van der Waals surface area contributed by atoms with Gasteiger partial charge in [0, 0.05) is 11.1 Å². The van der Waals surface area contributed by atoms with Crippen molar-refractivity contribution in [3.05, 3.63) is 81.0 Å². The molecule has 4 aliphatic rings. The van der Waals surface area contributed by atoms with Gasteiger partial charge < -0.3 is 19.8 Å². The third-order valence-corrected chi connectivity index (χ3v) is 8.78. The molecule has 1 aromatic heterocycles. The predicted molar refractivity (Wildman–Crippen MR) is 133 cm³/mol. The highest BCUT2D eigenvalue weighted by atomic mass is 16.5. The van der Waals surface area contributed by atoms with E-state index in [0.29, 0.717) is 16.5 Å². The zero-order valence-electron chi connectivity index (χ0n) is 20.0. The average Bonchev–Trinajstić information content (AvgIpc) is 3.13. The van der Waals surface area contributed by atoms with E-state index in [0.717, 1.165) is 49.8 Å². The van der Waals surface area contributed by atoms with Crippen LogP contribution in [0.3, 0.4) is 0 Å². The predicted octanol–water partition coefficient (Wildman–Crippen LogP) is 4.72. The SMILES string of the molecule is C[C@H]1CC2(CCCCC2)N2C(=O)[C@]3(C(C#N)=C(N)Oc4c3c(=O)oc3ccccc43)c3cccc1c32. The first kappa shape index (κ1) is 21.3. The van der Waals surface area contributed by atoms with Crippen molar-refractivity contribution in [1.29, 1.82) is 5.26 Å². The van der Waals surface area contributed by atoms with E-state index < -0.39 is 11.0 Å². The second-order valence-electron chi connectivity index (χ2n) is 10.6.